The van der Waals surface area contributed by atoms with Gasteiger partial charge in [0, 0.05) is 36.7 Å². The summed E-state index contributed by atoms with van der Waals surface area (Å²) >= 11 is 0. The number of carbonyl (C=O) groups is 1. The number of halogens is 3. The SMILES string of the molecule is CC1(C)C=C(Nc2nccn3c(-c4ccc(F)c(F)c4F)cnc23)C=CC1C(=O)NCCOCCN. The lowest BCUT2D eigenvalue weighted by molar-refractivity contribution is -0.126. The van der Waals surface area contributed by atoms with Crippen molar-refractivity contribution in [1.29, 1.82) is 0 Å². The Kier molecular flexibility index (Phi) is 7.41. The van der Waals surface area contributed by atoms with Crippen molar-refractivity contribution in [1.82, 2.24) is 19.7 Å². The van der Waals surface area contributed by atoms with Gasteiger partial charge in [0.1, 0.15) is 0 Å². The van der Waals surface area contributed by atoms with E-state index in [-0.39, 0.29) is 17.2 Å². The van der Waals surface area contributed by atoms with E-state index in [0.29, 0.717) is 43.5 Å². The summed E-state index contributed by atoms with van der Waals surface area (Å²) in [7, 11) is 0. The van der Waals surface area contributed by atoms with Crippen LogP contribution in [0.4, 0.5) is 19.0 Å². The lowest BCUT2D eigenvalue weighted by Gasteiger charge is -2.32. The number of benzene rings is 1. The lowest BCUT2D eigenvalue weighted by atomic mass is 9.75. The minimum atomic E-state index is -1.55. The van der Waals surface area contributed by atoms with Crippen LogP contribution in [0.1, 0.15) is 13.8 Å². The molecule has 1 atom stereocenters. The van der Waals surface area contributed by atoms with Crippen LogP contribution >= 0.6 is 0 Å². The Hall–Kier alpha value is -3.70. The number of anilines is 1. The molecule has 4 rings (SSSR count). The van der Waals surface area contributed by atoms with Crippen LogP contribution in [0, 0.1) is 28.8 Å². The van der Waals surface area contributed by atoms with Crippen LogP contribution < -0.4 is 16.4 Å². The number of allylic oxidation sites excluding steroid dienone is 2. The molecule has 0 spiro atoms. The van der Waals surface area contributed by atoms with Gasteiger partial charge in [-0.1, -0.05) is 26.0 Å². The van der Waals surface area contributed by atoms with Gasteiger partial charge in [0.2, 0.25) is 5.91 Å². The maximum Gasteiger partial charge on any atom is 0.227 e. The maximum absolute atomic E-state index is 14.4. The second-order valence-electron chi connectivity index (χ2n) is 8.91. The normalized spacial score (nSPS) is 16.7. The fraction of sp³-hybridized carbons (Fsp3) is 0.320. The first kappa shape index (κ1) is 25.4. The van der Waals surface area contributed by atoms with Gasteiger partial charge in [-0.25, -0.2) is 23.1 Å². The molecule has 3 aromatic rings. The zero-order valence-electron chi connectivity index (χ0n) is 19.9. The van der Waals surface area contributed by atoms with Gasteiger partial charge in [0.25, 0.3) is 0 Å². The smallest absolute Gasteiger partial charge is 0.227 e. The lowest BCUT2D eigenvalue weighted by Crippen LogP contribution is -2.40. The third-order valence-corrected chi connectivity index (χ3v) is 5.89. The first-order valence-corrected chi connectivity index (χ1v) is 11.4. The summed E-state index contributed by atoms with van der Waals surface area (Å²) in [5, 5.41) is 6.07. The molecule has 1 unspecified atom stereocenters. The summed E-state index contributed by atoms with van der Waals surface area (Å²) < 4.78 is 48.4. The number of hydrogen-bond donors (Lipinski definition) is 3. The topological polar surface area (TPSA) is 107 Å². The summed E-state index contributed by atoms with van der Waals surface area (Å²) in [5.41, 5.74) is 6.04. The van der Waals surface area contributed by atoms with E-state index >= 15 is 0 Å². The molecule has 0 aliphatic heterocycles. The molecular formula is C25H27F3N6O2. The molecule has 11 heteroatoms. The standard InChI is InChI=1S/C25H27F3N6O2/c1-25(2)13-15(3-5-17(25)24(35)31-9-12-36-11-7-29)33-22-23-32-14-19(34(23)10-8-30-22)16-4-6-18(26)21(28)20(16)27/h3-6,8,10,13-14,17H,7,9,11-12,29H2,1-2H3,(H,30,33)(H,31,35). The molecule has 190 valence electrons. The minimum Gasteiger partial charge on any atom is -0.378 e. The van der Waals surface area contributed by atoms with E-state index in [4.69, 9.17) is 10.5 Å². The largest absolute Gasteiger partial charge is 0.378 e. The predicted octanol–water partition coefficient (Wildman–Crippen LogP) is 3.41. The number of carbonyl (C=O) groups excluding carboxylic acids is 1. The summed E-state index contributed by atoms with van der Waals surface area (Å²) in [6, 6.07) is 2.03. The van der Waals surface area contributed by atoms with Crippen LogP contribution in [0.3, 0.4) is 0 Å². The molecule has 36 heavy (non-hydrogen) atoms. The Labute approximate surface area is 206 Å². The first-order chi connectivity index (χ1) is 17.2. The molecule has 8 nitrogen and oxygen atoms in total. The van der Waals surface area contributed by atoms with E-state index in [2.05, 4.69) is 20.6 Å². The number of hydrogen-bond acceptors (Lipinski definition) is 6. The molecule has 1 amide bonds. The van der Waals surface area contributed by atoms with E-state index in [9.17, 15) is 18.0 Å². The van der Waals surface area contributed by atoms with E-state index in [1.54, 1.807) is 12.3 Å². The van der Waals surface area contributed by atoms with E-state index in [1.807, 2.05) is 26.0 Å². The molecule has 2 aromatic heterocycles. The second kappa shape index (κ2) is 10.5. The van der Waals surface area contributed by atoms with Gasteiger partial charge in [-0.2, -0.15) is 0 Å². The van der Waals surface area contributed by atoms with E-state index in [0.717, 1.165) is 12.1 Å². The minimum absolute atomic E-state index is 0.116. The van der Waals surface area contributed by atoms with Gasteiger partial charge in [-0.15, -0.1) is 0 Å². The molecule has 2 heterocycles. The highest BCUT2D eigenvalue weighted by Gasteiger charge is 2.34. The summed E-state index contributed by atoms with van der Waals surface area (Å²) in [5.74, 6) is -4.24. The van der Waals surface area contributed by atoms with Crippen LogP contribution in [0.5, 0.6) is 0 Å². The van der Waals surface area contributed by atoms with Crippen molar-refractivity contribution in [3.63, 3.8) is 0 Å². The highest BCUT2D eigenvalue weighted by molar-refractivity contribution is 5.82. The van der Waals surface area contributed by atoms with Crippen molar-refractivity contribution in [3.05, 3.63) is 72.1 Å². The van der Waals surface area contributed by atoms with Gasteiger partial charge in [0.05, 0.1) is 31.0 Å². The number of fused-ring (bicyclic) bond motifs is 1. The van der Waals surface area contributed by atoms with Gasteiger partial charge in [0.15, 0.2) is 28.9 Å². The zero-order valence-corrected chi connectivity index (χ0v) is 19.9. The number of ether oxygens (including phenoxy) is 1. The number of nitrogens with two attached hydrogens (primary N) is 1. The quantitative estimate of drug-likeness (QED) is 0.307. The van der Waals surface area contributed by atoms with Gasteiger partial charge >= 0.3 is 0 Å². The van der Waals surface area contributed by atoms with E-state index in [1.165, 1.54) is 16.8 Å². The Bertz CT molecular complexity index is 1330. The third kappa shape index (κ3) is 5.12. The fourth-order valence-corrected chi connectivity index (χ4v) is 4.10. The predicted molar refractivity (Wildman–Crippen MR) is 129 cm³/mol. The maximum atomic E-state index is 14.4. The Morgan fingerprint density at radius 2 is 2.00 bits per heavy atom. The molecule has 0 radical (unpaired) electrons. The van der Waals surface area contributed by atoms with Crippen molar-refractivity contribution >= 4 is 17.4 Å². The summed E-state index contributed by atoms with van der Waals surface area (Å²) in [4.78, 5) is 21.3. The number of nitrogens with one attached hydrogen (secondary N) is 2. The molecule has 0 fully saturated rings. The summed E-state index contributed by atoms with van der Waals surface area (Å²) in [6.45, 7) is 5.54. The third-order valence-electron chi connectivity index (χ3n) is 5.89. The number of nitrogens with zero attached hydrogens (tertiary/aromatic N) is 3. The number of imidazole rings is 1. The monoisotopic (exact) mass is 500 g/mol. The van der Waals surface area contributed by atoms with Crippen molar-refractivity contribution in [2.24, 2.45) is 17.1 Å². The van der Waals surface area contributed by atoms with Crippen molar-refractivity contribution in [2.45, 2.75) is 13.8 Å². The van der Waals surface area contributed by atoms with Crippen molar-refractivity contribution in [2.75, 3.05) is 31.6 Å². The van der Waals surface area contributed by atoms with Crippen LogP contribution in [-0.2, 0) is 9.53 Å². The van der Waals surface area contributed by atoms with E-state index < -0.39 is 28.8 Å². The van der Waals surface area contributed by atoms with Crippen molar-refractivity contribution < 1.29 is 22.7 Å². The zero-order chi connectivity index (χ0) is 25.9. The fourth-order valence-electron chi connectivity index (χ4n) is 4.10. The molecule has 0 saturated heterocycles. The molecule has 1 aliphatic rings. The highest BCUT2D eigenvalue weighted by atomic mass is 19.2. The first-order valence-electron chi connectivity index (χ1n) is 11.4. The number of rotatable bonds is 9. The second-order valence-corrected chi connectivity index (χ2v) is 8.91. The summed E-state index contributed by atoms with van der Waals surface area (Å²) in [6.07, 6.45) is 9.92. The number of amides is 1. The average molecular weight is 501 g/mol. The van der Waals surface area contributed by atoms with Gasteiger partial charge in [-0.3, -0.25) is 9.20 Å². The van der Waals surface area contributed by atoms with Crippen LogP contribution in [0.25, 0.3) is 16.9 Å². The molecule has 4 N–H and O–H groups in total. The molecule has 1 aromatic carbocycles. The molecule has 1 aliphatic carbocycles. The van der Waals surface area contributed by atoms with Crippen molar-refractivity contribution in [3.8, 4) is 11.3 Å². The molecular weight excluding hydrogens is 473 g/mol. The Balaban J connectivity index is 1.52. The molecule has 0 saturated carbocycles. The number of aromatic nitrogens is 3. The average Bonchev–Trinajstić information content (AvgIpc) is 3.27. The van der Waals surface area contributed by atoms with Gasteiger partial charge < -0.3 is 21.1 Å². The Morgan fingerprint density at radius 3 is 2.75 bits per heavy atom. The van der Waals surface area contributed by atoms with Crippen LogP contribution in [-0.4, -0.2) is 46.6 Å². The van der Waals surface area contributed by atoms with Crippen LogP contribution in [0.2, 0.25) is 0 Å². The van der Waals surface area contributed by atoms with Gasteiger partial charge in [-0.05, 0) is 23.6 Å². The molecule has 0 bridgehead atoms. The van der Waals surface area contributed by atoms with Crippen LogP contribution in [0.15, 0.2) is 54.6 Å². The highest BCUT2D eigenvalue weighted by Crippen LogP contribution is 2.36. The Morgan fingerprint density at radius 1 is 1.19 bits per heavy atom.